The van der Waals surface area contributed by atoms with Gasteiger partial charge in [0.15, 0.2) is 11.5 Å². The normalized spacial score (nSPS) is 14.5. The molecule has 0 atom stereocenters. The van der Waals surface area contributed by atoms with Crippen molar-refractivity contribution < 1.29 is 9.47 Å². The fourth-order valence-electron chi connectivity index (χ4n) is 3.57. The third-order valence-electron chi connectivity index (χ3n) is 5.15. The van der Waals surface area contributed by atoms with Gasteiger partial charge in [0.05, 0.1) is 31.2 Å². The molecular weight excluding hydrogens is 382 g/mol. The van der Waals surface area contributed by atoms with Gasteiger partial charge in [0.2, 0.25) is 0 Å². The van der Waals surface area contributed by atoms with Crippen molar-refractivity contribution in [2.24, 2.45) is 0 Å². The van der Waals surface area contributed by atoms with Gasteiger partial charge in [-0.05, 0) is 18.2 Å². The van der Waals surface area contributed by atoms with E-state index in [9.17, 15) is 0 Å². The molecule has 0 saturated carbocycles. The van der Waals surface area contributed by atoms with E-state index < -0.39 is 0 Å². The van der Waals surface area contributed by atoms with Crippen LogP contribution < -0.4 is 4.90 Å². The molecule has 1 saturated heterocycles. The Kier molecular flexibility index (Phi) is 5.12. The highest BCUT2D eigenvalue weighted by molar-refractivity contribution is 5.66. The van der Waals surface area contributed by atoms with Gasteiger partial charge in [-0.2, -0.15) is 14.7 Å². The Morgan fingerprint density at radius 1 is 1.07 bits per heavy atom. The van der Waals surface area contributed by atoms with Crippen LogP contribution in [0.5, 0.6) is 0 Å². The predicted molar refractivity (Wildman–Crippen MR) is 112 cm³/mol. The van der Waals surface area contributed by atoms with Crippen molar-refractivity contribution in [2.45, 2.75) is 6.42 Å². The second-order valence-electron chi connectivity index (χ2n) is 7.10. The van der Waals surface area contributed by atoms with Crippen LogP contribution in [-0.2, 0) is 15.9 Å². The van der Waals surface area contributed by atoms with Gasteiger partial charge >= 0.3 is 0 Å². The Hall–Kier alpha value is -3.30. The van der Waals surface area contributed by atoms with Gasteiger partial charge in [-0.3, -0.25) is 4.98 Å². The maximum atomic E-state index is 5.54. The average molecular weight is 405 g/mol. The standard InChI is InChI=1S/C21H23N7O2/c1-29-11-5-17-4-8-27(24-17)19-15-21(26-9-12-30-13-10-26)28-20(23-19)14-18(25-28)16-2-6-22-7-3-16/h2-4,6-8,14-15H,5,9-13H2,1H3. The molecule has 0 radical (unpaired) electrons. The molecule has 5 heterocycles. The van der Waals surface area contributed by atoms with Gasteiger partial charge in [0, 0.05) is 62.9 Å². The smallest absolute Gasteiger partial charge is 0.160 e. The molecular formula is C21H23N7O2. The summed E-state index contributed by atoms with van der Waals surface area (Å²) in [5.41, 5.74) is 3.61. The molecule has 0 spiro atoms. The summed E-state index contributed by atoms with van der Waals surface area (Å²) in [6.07, 6.45) is 6.24. The summed E-state index contributed by atoms with van der Waals surface area (Å²) < 4.78 is 14.4. The minimum atomic E-state index is 0.639. The van der Waals surface area contributed by atoms with Crippen LogP contribution >= 0.6 is 0 Å². The predicted octanol–water partition coefficient (Wildman–Crippen LogP) is 2.00. The van der Waals surface area contributed by atoms with Crippen molar-refractivity contribution in [1.29, 1.82) is 0 Å². The highest BCUT2D eigenvalue weighted by Crippen LogP contribution is 2.25. The number of methoxy groups -OCH3 is 1. The summed E-state index contributed by atoms with van der Waals surface area (Å²) in [6, 6.07) is 9.93. The molecule has 1 fully saturated rings. The molecule has 1 aliphatic rings. The molecule has 0 bridgehead atoms. The average Bonchev–Trinajstić information content (AvgIpc) is 3.45. The first-order chi connectivity index (χ1) is 14.8. The maximum Gasteiger partial charge on any atom is 0.160 e. The fourth-order valence-corrected chi connectivity index (χ4v) is 3.57. The van der Waals surface area contributed by atoms with Gasteiger partial charge in [0.25, 0.3) is 0 Å². The van der Waals surface area contributed by atoms with Crippen molar-refractivity contribution in [3.05, 3.63) is 54.6 Å². The quantitative estimate of drug-likeness (QED) is 0.485. The van der Waals surface area contributed by atoms with E-state index in [4.69, 9.17) is 19.6 Å². The van der Waals surface area contributed by atoms with Crippen LogP contribution in [0.3, 0.4) is 0 Å². The highest BCUT2D eigenvalue weighted by atomic mass is 16.5. The van der Waals surface area contributed by atoms with E-state index in [-0.39, 0.29) is 0 Å². The topological polar surface area (TPSA) is 82.6 Å². The second-order valence-corrected chi connectivity index (χ2v) is 7.10. The van der Waals surface area contributed by atoms with Gasteiger partial charge in [-0.1, -0.05) is 0 Å². The zero-order chi connectivity index (χ0) is 20.3. The number of ether oxygens (including phenoxy) is 2. The first-order valence-corrected chi connectivity index (χ1v) is 9.99. The first kappa shape index (κ1) is 18.7. The van der Waals surface area contributed by atoms with Gasteiger partial charge < -0.3 is 14.4 Å². The molecule has 0 amide bonds. The largest absolute Gasteiger partial charge is 0.384 e. The molecule has 0 aliphatic carbocycles. The molecule has 0 aromatic carbocycles. The van der Waals surface area contributed by atoms with Crippen molar-refractivity contribution >= 4 is 11.5 Å². The summed E-state index contributed by atoms with van der Waals surface area (Å²) in [5, 5.41) is 9.51. The van der Waals surface area contributed by atoms with Gasteiger partial charge in [0.1, 0.15) is 5.82 Å². The molecule has 4 aromatic heterocycles. The summed E-state index contributed by atoms with van der Waals surface area (Å²) in [5.74, 6) is 1.74. The van der Waals surface area contributed by atoms with Crippen LogP contribution in [0, 0.1) is 0 Å². The maximum absolute atomic E-state index is 5.54. The highest BCUT2D eigenvalue weighted by Gasteiger charge is 2.19. The lowest BCUT2D eigenvalue weighted by molar-refractivity contribution is 0.122. The van der Waals surface area contributed by atoms with E-state index in [0.717, 1.165) is 53.7 Å². The third kappa shape index (κ3) is 3.64. The van der Waals surface area contributed by atoms with Crippen molar-refractivity contribution in [3.63, 3.8) is 0 Å². The van der Waals surface area contributed by atoms with Gasteiger partial charge in [-0.15, -0.1) is 0 Å². The van der Waals surface area contributed by atoms with E-state index in [1.54, 1.807) is 19.5 Å². The van der Waals surface area contributed by atoms with E-state index in [2.05, 4.69) is 15.0 Å². The van der Waals surface area contributed by atoms with Gasteiger partial charge in [-0.25, -0.2) is 9.67 Å². The Bertz CT molecular complexity index is 1130. The molecule has 9 nitrogen and oxygen atoms in total. The fraction of sp³-hybridized carbons (Fsp3) is 0.333. The molecule has 5 rings (SSSR count). The number of rotatable bonds is 6. The number of anilines is 1. The van der Waals surface area contributed by atoms with Crippen LogP contribution in [0.2, 0.25) is 0 Å². The minimum absolute atomic E-state index is 0.639. The van der Waals surface area contributed by atoms with Crippen LogP contribution in [0.25, 0.3) is 22.7 Å². The second kappa shape index (κ2) is 8.21. The summed E-state index contributed by atoms with van der Waals surface area (Å²) in [6.45, 7) is 3.64. The van der Waals surface area contributed by atoms with E-state index in [0.29, 0.717) is 19.8 Å². The monoisotopic (exact) mass is 405 g/mol. The number of hydrogen-bond acceptors (Lipinski definition) is 7. The van der Waals surface area contributed by atoms with E-state index in [1.807, 2.05) is 45.7 Å². The van der Waals surface area contributed by atoms with Crippen LogP contribution in [0.1, 0.15) is 5.69 Å². The van der Waals surface area contributed by atoms with Crippen LogP contribution in [0.4, 0.5) is 5.82 Å². The molecule has 4 aromatic rings. The Labute approximate surface area is 173 Å². The summed E-state index contributed by atoms with van der Waals surface area (Å²) in [7, 11) is 1.70. The summed E-state index contributed by atoms with van der Waals surface area (Å²) in [4.78, 5) is 11.2. The molecule has 0 unspecified atom stereocenters. The molecule has 30 heavy (non-hydrogen) atoms. The number of aromatic nitrogens is 6. The SMILES string of the molecule is COCCc1ccn(-c2cc(N3CCOCC3)n3nc(-c4ccncc4)cc3n2)n1. The minimum Gasteiger partial charge on any atom is -0.384 e. The molecule has 9 heteroatoms. The number of hydrogen-bond donors (Lipinski definition) is 0. The lowest BCUT2D eigenvalue weighted by Gasteiger charge is -2.29. The van der Waals surface area contributed by atoms with Crippen LogP contribution in [0.15, 0.2) is 48.9 Å². The summed E-state index contributed by atoms with van der Waals surface area (Å²) >= 11 is 0. The number of morpholine rings is 1. The Morgan fingerprint density at radius 2 is 1.90 bits per heavy atom. The van der Waals surface area contributed by atoms with E-state index in [1.165, 1.54) is 0 Å². The zero-order valence-electron chi connectivity index (χ0n) is 16.8. The van der Waals surface area contributed by atoms with Crippen LogP contribution in [-0.4, -0.2) is 69.4 Å². The molecule has 0 N–H and O–H groups in total. The van der Waals surface area contributed by atoms with Crippen molar-refractivity contribution in [2.75, 3.05) is 44.9 Å². The number of nitrogens with zero attached hydrogens (tertiary/aromatic N) is 7. The molecule has 154 valence electrons. The van der Waals surface area contributed by atoms with Crippen molar-refractivity contribution in [3.8, 4) is 17.1 Å². The zero-order valence-corrected chi connectivity index (χ0v) is 16.8. The first-order valence-electron chi connectivity index (χ1n) is 9.99. The Balaban J connectivity index is 1.60. The molecule has 1 aliphatic heterocycles. The van der Waals surface area contributed by atoms with Crippen molar-refractivity contribution in [1.82, 2.24) is 29.4 Å². The Morgan fingerprint density at radius 3 is 2.70 bits per heavy atom. The number of pyridine rings is 1. The number of fused-ring (bicyclic) bond motifs is 1. The lowest BCUT2D eigenvalue weighted by Crippen LogP contribution is -2.37. The lowest BCUT2D eigenvalue weighted by atomic mass is 10.2. The third-order valence-corrected chi connectivity index (χ3v) is 5.15. The van der Waals surface area contributed by atoms with E-state index >= 15 is 0 Å².